The molecular weight excluding hydrogens is 556 g/mol. The van der Waals surface area contributed by atoms with Crippen molar-refractivity contribution in [3.05, 3.63) is 18.2 Å². The molecule has 1 aromatic rings. The molecule has 272 valence electrons. The molecule has 0 unspecified atom stereocenters. The highest BCUT2D eigenvalue weighted by atomic mass is 15.1. The van der Waals surface area contributed by atoms with E-state index in [0.29, 0.717) is 0 Å². The van der Waals surface area contributed by atoms with Crippen molar-refractivity contribution in [2.75, 3.05) is 0 Å². The molecule has 0 saturated carbocycles. The van der Waals surface area contributed by atoms with Gasteiger partial charge in [-0.2, -0.15) is 0 Å². The molecule has 0 saturated heterocycles. The Morgan fingerprint density at radius 2 is 0.674 bits per heavy atom. The van der Waals surface area contributed by atoms with Crippen molar-refractivity contribution in [1.82, 2.24) is 4.57 Å². The molecule has 46 heavy (non-hydrogen) atoms. The fraction of sp³-hybridized carbons (Fsp3) is 0.932. The van der Waals surface area contributed by atoms with Gasteiger partial charge >= 0.3 is 0 Å². The Hall–Kier alpha value is -0.790. The summed E-state index contributed by atoms with van der Waals surface area (Å²) < 4.78 is 5.16. The Balaban J connectivity index is 1.98. The van der Waals surface area contributed by atoms with Gasteiger partial charge in [0.25, 0.3) is 5.82 Å². The van der Waals surface area contributed by atoms with Gasteiger partial charge in [0.2, 0.25) is 0 Å². The van der Waals surface area contributed by atoms with Crippen LogP contribution in [0.1, 0.15) is 251 Å². The molecule has 0 N–H and O–H groups in total. The molecule has 1 heterocycles. The van der Waals surface area contributed by atoms with Crippen molar-refractivity contribution in [1.29, 1.82) is 0 Å². The quantitative estimate of drug-likeness (QED) is 0.0501. The molecule has 0 radical (unpaired) electrons. The third-order valence-corrected chi connectivity index (χ3v) is 10.6. The summed E-state index contributed by atoms with van der Waals surface area (Å²) in [6.45, 7) is 9.35. The Bertz CT molecular complexity index is 707. The number of hydrogen-bond donors (Lipinski definition) is 0. The third kappa shape index (κ3) is 27.2. The Labute approximate surface area is 291 Å². The number of imidazole rings is 1. The van der Waals surface area contributed by atoms with Crippen molar-refractivity contribution in [3.63, 3.8) is 0 Å². The first kappa shape index (κ1) is 43.2. The zero-order chi connectivity index (χ0) is 33.0. The normalized spacial score (nSPS) is 11.6. The minimum absolute atomic E-state index is 1.18. The molecule has 2 nitrogen and oxygen atoms in total. The number of rotatable bonds is 38. The van der Waals surface area contributed by atoms with Gasteiger partial charge in [-0.3, -0.25) is 0 Å². The van der Waals surface area contributed by atoms with Crippen LogP contribution in [0.15, 0.2) is 12.4 Å². The maximum Gasteiger partial charge on any atom is 0.256 e. The smallest absolute Gasteiger partial charge is 0.234 e. The number of nitrogens with zero attached hydrogens (tertiary/aromatic N) is 2. The van der Waals surface area contributed by atoms with Crippen LogP contribution in [0.3, 0.4) is 0 Å². The standard InChI is InChI=1S/C44H87N2/c1-4-7-9-11-13-15-17-19-21-23-25-27-29-31-33-35-37-39-44-45(40-6-3)42-43-46(44)41-38-36-34-32-30-28-26-24-22-20-18-16-14-12-10-8-5-2/h42-43H,4-41H2,1-3H3/q+1. The van der Waals surface area contributed by atoms with E-state index in [4.69, 9.17) is 0 Å². The summed E-state index contributed by atoms with van der Waals surface area (Å²) >= 11 is 0. The van der Waals surface area contributed by atoms with E-state index in [1.807, 2.05) is 0 Å². The van der Waals surface area contributed by atoms with Crippen LogP contribution in [0, 0.1) is 0 Å². The first-order chi connectivity index (χ1) is 22.8. The van der Waals surface area contributed by atoms with E-state index in [2.05, 4.69) is 42.3 Å². The molecule has 0 aliphatic heterocycles. The molecule has 0 aliphatic rings. The lowest BCUT2D eigenvalue weighted by Gasteiger charge is -2.06. The predicted octanol–water partition coefficient (Wildman–Crippen LogP) is 15.0. The lowest BCUT2D eigenvalue weighted by Crippen LogP contribution is -2.37. The number of aromatic nitrogens is 2. The summed E-state index contributed by atoms with van der Waals surface area (Å²) in [5.74, 6) is 1.60. The lowest BCUT2D eigenvalue weighted by molar-refractivity contribution is -0.703. The van der Waals surface area contributed by atoms with Gasteiger partial charge in [-0.15, -0.1) is 0 Å². The largest absolute Gasteiger partial charge is 0.256 e. The molecule has 1 aromatic heterocycles. The second-order valence-electron chi connectivity index (χ2n) is 15.2. The van der Waals surface area contributed by atoms with E-state index in [1.54, 1.807) is 5.82 Å². The summed E-state index contributed by atoms with van der Waals surface area (Å²) in [4.78, 5) is 0. The van der Waals surface area contributed by atoms with Gasteiger partial charge in [0.1, 0.15) is 12.4 Å². The molecule has 0 spiro atoms. The van der Waals surface area contributed by atoms with E-state index >= 15 is 0 Å². The molecule has 0 atom stereocenters. The maximum atomic E-state index is 2.60. The SMILES string of the molecule is CCCCCCCCCCCCCCCCCCCc1n(CCCCCCCCCCCCCCCCCCC)cc[n+]1CCC. The minimum Gasteiger partial charge on any atom is -0.234 e. The summed E-state index contributed by atoms with van der Waals surface area (Å²) in [5.41, 5.74) is 0. The predicted molar refractivity (Wildman–Crippen MR) is 207 cm³/mol. The number of unbranched alkanes of at least 4 members (excludes halogenated alkanes) is 32. The van der Waals surface area contributed by atoms with Crippen LogP contribution >= 0.6 is 0 Å². The summed E-state index contributed by atoms with van der Waals surface area (Å²) in [6.07, 6.45) is 56.6. The Morgan fingerprint density at radius 3 is 1.00 bits per heavy atom. The minimum atomic E-state index is 1.18. The monoisotopic (exact) mass is 644 g/mol. The molecule has 0 fully saturated rings. The average Bonchev–Trinajstić information content (AvgIpc) is 3.44. The zero-order valence-corrected chi connectivity index (χ0v) is 32.4. The second kappa shape index (κ2) is 35.5. The first-order valence-corrected chi connectivity index (χ1v) is 21.9. The van der Waals surface area contributed by atoms with Gasteiger partial charge in [0, 0.05) is 6.42 Å². The topological polar surface area (TPSA) is 8.81 Å². The third-order valence-electron chi connectivity index (χ3n) is 10.6. The van der Waals surface area contributed by atoms with Gasteiger partial charge in [0.15, 0.2) is 0 Å². The number of hydrogen-bond acceptors (Lipinski definition) is 0. The van der Waals surface area contributed by atoms with Crippen LogP contribution in [0.5, 0.6) is 0 Å². The lowest BCUT2D eigenvalue weighted by atomic mass is 10.0. The molecule has 0 amide bonds. The van der Waals surface area contributed by atoms with E-state index in [9.17, 15) is 0 Å². The maximum absolute atomic E-state index is 2.60. The zero-order valence-electron chi connectivity index (χ0n) is 32.4. The number of aryl methyl sites for hydroxylation is 2. The highest BCUT2D eigenvalue weighted by Gasteiger charge is 2.16. The summed E-state index contributed by atoms with van der Waals surface area (Å²) in [7, 11) is 0. The van der Waals surface area contributed by atoms with Crippen LogP contribution in [0.4, 0.5) is 0 Å². The fourth-order valence-electron chi connectivity index (χ4n) is 7.45. The van der Waals surface area contributed by atoms with Crippen LogP contribution in [0.25, 0.3) is 0 Å². The van der Waals surface area contributed by atoms with Gasteiger partial charge in [-0.25, -0.2) is 9.13 Å². The molecule has 2 heteroatoms. The van der Waals surface area contributed by atoms with E-state index in [-0.39, 0.29) is 0 Å². The van der Waals surface area contributed by atoms with Crippen LogP contribution in [-0.2, 0) is 19.5 Å². The highest BCUT2D eigenvalue weighted by Crippen LogP contribution is 2.16. The highest BCUT2D eigenvalue weighted by molar-refractivity contribution is 4.84. The first-order valence-electron chi connectivity index (χ1n) is 21.9. The van der Waals surface area contributed by atoms with Crippen molar-refractivity contribution in [2.45, 2.75) is 265 Å². The van der Waals surface area contributed by atoms with Crippen LogP contribution in [0.2, 0.25) is 0 Å². The fourth-order valence-corrected chi connectivity index (χ4v) is 7.45. The van der Waals surface area contributed by atoms with Crippen LogP contribution < -0.4 is 4.57 Å². The van der Waals surface area contributed by atoms with Crippen molar-refractivity contribution in [2.24, 2.45) is 0 Å². The van der Waals surface area contributed by atoms with E-state index < -0.39 is 0 Å². The van der Waals surface area contributed by atoms with Gasteiger partial charge in [0.05, 0.1) is 13.1 Å². The van der Waals surface area contributed by atoms with Gasteiger partial charge in [-0.05, 0) is 25.7 Å². The summed E-state index contributed by atoms with van der Waals surface area (Å²) in [6, 6.07) is 0. The van der Waals surface area contributed by atoms with Crippen molar-refractivity contribution < 1.29 is 4.57 Å². The van der Waals surface area contributed by atoms with Crippen LogP contribution in [-0.4, -0.2) is 4.57 Å². The second-order valence-corrected chi connectivity index (χ2v) is 15.2. The van der Waals surface area contributed by atoms with Crippen molar-refractivity contribution >= 4 is 0 Å². The average molecular weight is 644 g/mol. The Morgan fingerprint density at radius 1 is 0.370 bits per heavy atom. The molecule has 0 bridgehead atoms. The van der Waals surface area contributed by atoms with Gasteiger partial charge in [-0.1, -0.05) is 220 Å². The molecule has 0 aromatic carbocycles. The van der Waals surface area contributed by atoms with E-state index in [0.717, 1.165) is 0 Å². The van der Waals surface area contributed by atoms with Crippen molar-refractivity contribution in [3.8, 4) is 0 Å². The van der Waals surface area contributed by atoms with Gasteiger partial charge < -0.3 is 0 Å². The molecule has 0 aliphatic carbocycles. The molecular formula is C44H87N2+. The Kier molecular flexibility index (Phi) is 33.4. The molecule has 1 rings (SSSR count). The summed E-state index contributed by atoms with van der Waals surface area (Å²) in [5, 5.41) is 0. The van der Waals surface area contributed by atoms with E-state index in [1.165, 1.54) is 244 Å².